The molecule has 2 aliphatic rings. The third-order valence-electron chi connectivity index (χ3n) is 1.65. The molecule has 0 saturated carbocycles. The van der Waals surface area contributed by atoms with Crippen molar-refractivity contribution in [3.8, 4) is 0 Å². The van der Waals surface area contributed by atoms with Crippen LogP contribution in [0.2, 0.25) is 0 Å². The van der Waals surface area contributed by atoms with Crippen LogP contribution in [0.25, 0.3) is 0 Å². The predicted molar refractivity (Wildman–Crippen MR) is 40.7 cm³/mol. The number of hydrogen-bond donors (Lipinski definition) is 1. The van der Waals surface area contributed by atoms with E-state index in [0.717, 1.165) is 5.57 Å². The average Bonchev–Trinajstić information content (AvgIpc) is 2.49. The lowest BCUT2D eigenvalue weighted by molar-refractivity contribution is -0.132. The van der Waals surface area contributed by atoms with Gasteiger partial charge in [-0.25, -0.2) is 9.79 Å². The fourth-order valence-electron chi connectivity index (χ4n) is 1.03. The number of carbonyl (C=O) groups is 1. The Balaban J connectivity index is 2.33. The van der Waals surface area contributed by atoms with Crippen molar-refractivity contribution in [1.82, 2.24) is 0 Å². The van der Waals surface area contributed by atoms with Gasteiger partial charge < -0.3 is 5.11 Å². The molecule has 0 spiro atoms. The Kier molecular flexibility index (Phi) is 1.36. The molecule has 0 fully saturated rings. The second-order valence-electron chi connectivity index (χ2n) is 2.46. The maximum atomic E-state index is 10.5. The molecule has 0 aromatic rings. The Hall–Kier alpha value is -1.78. The molecule has 0 atom stereocenters. The van der Waals surface area contributed by atoms with Gasteiger partial charge in [-0.1, -0.05) is 0 Å². The van der Waals surface area contributed by atoms with E-state index in [1.165, 1.54) is 12.4 Å². The number of rotatable bonds is 1. The van der Waals surface area contributed by atoms with Gasteiger partial charge in [-0.3, -0.25) is 0 Å². The molecular weight excluding hydrogens is 158 g/mol. The van der Waals surface area contributed by atoms with Gasteiger partial charge in [-0.2, -0.15) is 5.11 Å². The Morgan fingerprint density at radius 3 is 3.08 bits per heavy atom. The summed E-state index contributed by atoms with van der Waals surface area (Å²) in [5.74, 6) is -0.411. The minimum atomic E-state index is -0.939. The molecule has 0 amide bonds. The fraction of sp³-hybridized carbons (Fsp3) is 0.143. The first kappa shape index (κ1) is 6.90. The van der Waals surface area contributed by atoms with Crippen LogP contribution in [0.4, 0.5) is 0 Å². The number of amidine groups is 1. The highest BCUT2D eigenvalue weighted by molar-refractivity contribution is 6.04. The lowest BCUT2D eigenvalue weighted by Gasteiger charge is -2.06. The number of carboxylic acids is 1. The number of carboxylic acid groups (broad SMARTS) is 1. The summed E-state index contributed by atoms with van der Waals surface area (Å²) >= 11 is 0. The molecule has 5 heteroatoms. The van der Waals surface area contributed by atoms with Crippen molar-refractivity contribution in [2.75, 3.05) is 0 Å². The molecule has 5 nitrogen and oxygen atoms in total. The van der Waals surface area contributed by atoms with Gasteiger partial charge in [-0.05, 0) is 0 Å². The SMILES string of the molecule is O=C(O)C1=CN=C2N=NC=C2C1. The van der Waals surface area contributed by atoms with Gasteiger partial charge >= 0.3 is 5.97 Å². The number of fused-ring (bicyclic) bond motifs is 1. The monoisotopic (exact) mass is 163 g/mol. The highest BCUT2D eigenvalue weighted by atomic mass is 16.4. The van der Waals surface area contributed by atoms with E-state index in [0.29, 0.717) is 12.3 Å². The third-order valence-corrected chi connectivity index (χ3v) is 1.65. The summed E-state index contributed by atoms with van der Waals surface area (Å²) in [6.07, 6.45) is 3.22. The van der Waals surface area contributed by atoms with Crippen molar-refractivity contribution in [3.05, 3.63) is 23.5 Å². The molecule has 0 aliphatic carbocycles. The van der Waals surface area contributed by atoms with E-state index in [1.54, 1.807) is 0 Å². The lowest BCUT2D eigenvalue weighted by atomic mass is 10.0. The first-order valence-corrected chi connectivity index (χ1v) is 3.38. The normalized spacial score (nSPS) is 19.5. The topological polar surface area (TPSA) is 74.4 Å². The van der Waals surface area contributed by atoms with E-state index in [2.05, 4.69) is 15.2 Å². The Labute approximate surface area is 67.8 Å². The third kappa shape index (κ3) is 0.952. The van der Waals surface area contributed by atoms with Gasteiger partial charge in [-0.15, -0.1) is 5.11 Å². The van der Waals surface area contributed by atoms with Gasteiger partial charge in [0.1, 0.15) is 0 Å². The van der Waals surface area contributed by atoms with Crippen LogP contribution in [0, 0.1) is 0 Å². The van der Waals surface area contributed by atoms with Crippen LogP contribution in [-0.4, -0.2) is 16.9 Å². The molecule has 0 aromatic heterocycles. The summed E-state index contributed by atoms with van der Waals surface area (Å²) < 4.78 is 0. The average molecular weight is 163 g/mol. The van der Waals surface area contributed by atoms with Gasteiger partial charge in [0.05, 0.1) is 11.8 Å². The van der Waals surface area contributed by atoms with Crippen LogP contribution in [-0.2, 0) is 4.79 Å². The van der Waals surface area contributed by atoms with Crippen LogP contribution in [0.3, 0.4) is 0 Å². The number of aliphatic carboxylic acids is 1. The van der Waals surface area contributed by atoms with Gasteiger partial charge in [0.25, 0.3) is 0 Å². The quantitative estimate of drug-likeness (QED) is 0.628. The molecule has 0 aromatic carbocycles. The molecule has 0 unspecified atom stereocenters. The summed E-state index contributed by atoms with van der Waals surface area (Å²) in [4.78, 5) is 14.4. The van der Waals surface area contributed by atoms with Gasteiger partial charge in [0.15, 0.2) is 5.84 Å². The van der Waals surface area contributed by atoms with Crippen molar-refractivity contribution in [1.29, 1.82) is 0 Å². The van der Waals surface area contributed by atoms with Crippen molar-refractivity contribution in [3.63, 3.8) is 0 Å². The zero-order valence-electron chi connectivity index (χ0n) is 6.06. The molecule has 0 saturated heterocycles. The van der Waals surface area contributed by atoms with Gasteiger partial charge in [0.2, 0.25) is 0 Å². The maximum absolute atomic E-state index is 10.5. The van der Waals surface area contributed by atoms with E-state index in [1.807, 2.05) is 0 Å². The van der Waals surface area contributed by atoms with Crippen LogP contribution < -0.4 is 0 Å². The Bertz CT molecular complexity index is 363. The van der Waals surface area contributed by atoms with Crippen molar-refractivity contribution < 1.29 is 9.90 Å². The predicted octanol–water partition coefficient (Wildman–Crippen LogP) is 1.11. The summed E-state index contributed by atoms with van der Waals surface area (Å²) in [6.45, 7) is 0. The van der Waals surface area contributed by atoms with Crippen molar-refractivity contribution in [2.24, 2.45) is 15.2 Å². The smallest absolute Gasteiger partial charge is 0.333 e. The molecule has 60 valence electrons. The summed E-state index contributed by atoms with van der Waals surface area (Å²) in [7, 11) is 0. The minimum absolute atomic E-state index is 0.275. The first-order valence-electron chi connectivity index (χ1n) is 3.38. The van der Waals surface area contributed by atoms with E-state index in [4.69, 9.17) is 5.11 Å². The lowest BCUT2D eigenvalue weighted by Crippen LogP contribution is -2.08. The molecule has 2 aliphatic heterocycles. The number of azo groups is 1. The van der Waals surface area contributed by atoms with Crippen LogP contribution >= 0.6 is 0 Å². The van der Waals surface area contributed by atoms with Crippen molar-refractivity contribution in [2.45, 2.75) is 6.42 Å². The zero-order valence-corrected chi connectivity index (χ0v) is 6.06. The standard InChI is InChI=1S/C7H5N3O2/c11-7(12)5-1-4-3-9-10-6(4)8-2-5/h2-3H,1H2,(H,11,12). The Morgan fingerprint density at radius 2 is 2.33 bits per heavy atom. The highest BCUT2D eigenvalue weighted by Gasteiger charge is 2.20. The summed E-state index contributed by atoms with van der Waals surface area (Å²) in [6, 6.07) is 0. The Morgan fingerprint density at radius 1 is 1.50 bits per heavy atom. The van der Waals surface area contributed by atoms with Crippen molar-refractivity contribution >= 4 is 11.8 Å². The molecule has 1 N–H and O–H groups in total. The first-order chi connectivity index (χ1) is 5.77. The van der Waals surface area contributed by atoms with Crippen LogP contribution in [0.5, 0.6) is 0 Å². The second-order valence-corrected chi connectivity index (χ2v) is 2.46. The molecule has 12 heavy (non-hydrogen) atoms. The van der Waals surface area contributed by atoms with E-state index in [-0.39, 0.29) is 5.57 Å². The van der Waals surface area contributed by atoms with Crippen LogP contribution in [0.15, 0.2) is 38.8 Å². The summed E-state index contributed by atoms with van der Waals surface area (Å²) in [5.41, 5.74) is 1.05. The largest absolute Gasteiger partial charge is 0.478 e. The number of aliphatic imine (C=N–C) groups is 1. The van der Waals surface area contributed by atoms with Gasteiger partial charge in [0, 0.05) is 18.2 Å². The molecule has 2 heterocycles. The highest BCUT2D eigenvalue weighted by Crippen LogP contribution is 2.22. The number of hydrogen-bond acceptors (Lipinski definition) is 4. The van der Waals surface area contributed by atoms with E-state index in [9.17, 15) is 4.79 Å². The molecule has 2 rings (SSSR count). The zero-order chi connectivity index (χ0) is 8.55. The van der Waals surface area contributed by atoms with E-state index < -0.39 is 5.97 Å². The minimum Gasteiger partial charge on any atom is -0.478 e. The molecule has 0 bridgehead atoms. The maximum Gasteiger partial charge on any atom is 0.333 e. The van der Waals surface area contributed by atoms with Crippen LogP contribution in [0.1, 0.15) is 6.42 Å². The summed E-state index contributed by atoms with van der Waals surface area (Å²) in [5, 5.41) is 16.0. The second kappa shape index (κ2) is 2.37. The molecular formula is C7H5N3O2. The fourth-order valence-corrected chi connectivity index (χ4v) is 1.03. The number of nitrogens with zero attached hydrogens (tertiary/aromatic N) is 3. The van der Waals surface area contributed by atoms with E-state index >= 15 is 0 Å². The molecule has 0 radical (unpaired) electrons.